The van der Waals surface area contributed by atoms with Crippen molar-refractivity contribution in [3.05, 3.63) is 0 Å². The third kappa shape index (κ3) is 4.91. The normalized spacial score (nSPS) is 21.7. The number of sulfonamides is 1. The van der Waals surface area contributed by atoms with Gasteiger partial charge in [0.25, 0.3) is 0 Å². The number of carbonyl (C=O) groups excluding carboxylic acids is 1. The van der Waals surface area contributed by atoms with Crippen molar-refractivity contribution in [3.63, 3.8) is 0 Å². The van der Waals surface area contributed by atoms with Crippen molar-refractivity contribution in [1.29, 1.82) is 0 Å². The molecular weight excluding hydrogens is 256 g/mol. The molecule has 0 spiro atoms. The maximum absolute atomic E-state index is 11.6. The van der Waals surface area contributed by atoms with Crippen molar-refractivity contribution in [2.24, 2.45) is 5.14 Å². The van der Waals surface area contributed by atoms with Crippen LogP contribution >= 0.6 is 0 Å². The summed E-state index contributed by atoms with van der Waals surface area (Å²) in [6.07, 6.45) is 0.694. The fraction of sp³-hybridized carbons (Fsp3) is 0.909. The lowest BCUT2D eigenvalue weighted by Crippen LogP contribution is -2.33. The highest BCUT2D eigenvalue weighted by Gasteiger charge is 2.35. The highest BCUT2D eigenvalue weighted by Crippen LogP contribution is 2.17. The first-order valence-electron chi connectivity index (χ1n) is 6.03. The molecule has 0 aromatic rings. The van der Waals surface area contributed by atoms with Crippen LogP contribution in [0, 0.1) is 0 Å². The molecule has 6 nitrogen and oxygen atoms in total. The summed E-state index contributed by atoms with van der Waals surface area (Å²) < 4.78 is 27.9. The first kappa shape index (κ1) is 15.4. The second-order valence-electron chi connectivity index (χ2n) is 5.57. The van der Waals surface area contributed by atoms with E-state index in [-0.39, 0.29) is 24.5 Å². The predicted molar refractivity (Wildman–Crippen MR) is 68.4 cm³/mol. The smallest absolute Gasteiger partial charge is 0.224 e. The molecule has 1 fully saturated rings. The van der Waals surface area contributed by atoms with E-state index in [0.29, 0.717) is 19.6 Å². The van der Waals surface area contributed by atoms with Crippen LogP contribution in [0.1, 0.15) is 33.6 Å². The van der Waals surface area contributed by atoms with E-state index in [1.165, 1.54) is 0 Å². The Bertz CT molecular complexity index is 400. The molecule has 18 heavy (non-hydrogen) atoms. The van der Waals surface area contributed by atoms with E-state index in [1.54, 1.807) is 4.90 Å². The highest BCUT2D eigenvalue weighted by atomic mass is 32.2. The Balaban J connectivity index is 2.34. The summed E-state index contributed by atoms with van der Waals surface area (Å²) in [4.78, 5) is 13.1. The molecule has 0 bridgehead atoms. The lowest BCUT2D eigenvalue weighted by atomic mass is 10.2. The van der Waals surface area contributed by atoms with Crippen LogP contribution < -0.4 is 5.14 Å². The maximum atomic E-state index is 11.6. The van der Waals surface area contributed by atoms with Gasteiger partial charge in [-0.3, -0.25) is 4.79 Å². The Hall–Kier alpha value is -0.660. The summed E-state index contributed by atoms with van der Waals surface area (Å²) >= 11 is 0. The van der Waals surface area contributed by atoms with Gasteiger partial charge in [-0.25, -0.2) is 13.6 Å². The molecule has 0 aromatic heterocycles. The number of amides is 1. The quantitative estimate of drug-likeness (QED) is 0.721. The van der Waals surface area contributed by atoms with E-state index in [1.807, 2.05) is 20.8 Å². The molecule has 0 aromatic carbocycles. The Labute approximate surface area is 109 Å². The van der Waals surface area contributed by atoms with Gasteiger partial charge in [-0.15, -0.1) is 0 Å². The van der Waals surface area contributed by atoms with Crippen LogP contribution in [-0.2, 0) is 19.6 Å². The van der Waals surface area contributed by atoms with E-state index in [9.17, 15) is 13.2 Å². The fourth-order valence-electron chi connectivity index (χ4n) is 1.81. The third-order valence-electron chi connectivity index (χ3n) is 2.75. The van der Waals surface area contributed by atoms with Crippen LogP contribution in [-0.4, -0.2) is 49.8 Å². The fourth-order valence-corrected chi connectivity index (χ4v) is 2.57. The van der Waals surface area contributed by atoms with Crippen molar-refractivity contribution in [3.8, 4) is 0 Å². The van der Waals surface area contributed by atoms with Gasteiger partial charge in [0.2, 0.25) is 15.9 Å². The topological polar surface area (TPSA) is 89.7 Å². The number of carbonyl (C=O) groups is 1. The first-order chi connectivity index (χ1) is 8.09. The summed E-state index contributed by atoms with van der Waals surface area (Å²) in [5, 5.41) is 4.29. The van der Waals surface area contributed by atoms with E-state index in [2.05, 4.69) is 0 Å². The van der Waals surface area contributed by atoms with E-state index in [0.717, 1.165) is 0 Å². The monoisotopic (exact) mass is 278 g/mol. The number of nitrogens with zero attached hydrogens (tertiary/aromatic N) is 1. The Morgan fingerprint density at radius 3 is 2.50 bits per heavy atom. The molecule has 0 aliphatic carbocycles. The van der Waals surface area contributed by atoms with Gasteiger partial charge in [-0.2, -0.15) is 0 Å². The molecule has 1 rings (SSSR count). The zero-order valence-corrected chi connectivity index (χ0v) is 12.0. The molecule has 1 aliphatic heterocycles. The maximum Gasteiger partial charge on any atom is 0.224 e. The van der Waals surface area contributed by atoms with Gasteiger partial charge in [-0.05, 0) is 27.2 Å². The number of nitrogens with two attached hydrogens (primary N) is 1. The van der Waals surface area contributed by atoms with Crippen LogP contribution in [0.15, 0.2) is 0 Å². The van der Waals surface area contributed by atoms with Gasteiger partial charge in [0.15, 0.2) is 0 Å². The summed E-state index contributed by atoms with van der Waals surface area (Å²) in [5.74, 6) is -0.148. The number of primary sulfonamides is 1. The van der Waals surface area contributed by atoms with Crippen molar-refractivity contribution in [2.45, 2.75) is 44.5 Å². The molecule has 0 saturated carbocycles. The number of rotatable bonds is 5. The van der Waals surface area contributed by atoms with Crippen LogP contribution in [0.3, 0.4) is 0 Å². The largest absolute Gasteiger partial charge is 0.376 e. The molecule has 1 saturated heterocycles. The molecule has 1 amide bonds. The Kier molecular flexibility index (Phi) is 4.74. The SMILES string of the molecule is CC(C)(C)OCCCN1CC(S(N)(=O)=O)CC1=O. The van der Waals surface area contributed by atoms with Crippen LogP contribution in [0.4, 0.5) is 0 Å². The zero-order valence-electron chi connectivity index (χ0n) is 11.2. The third-order valence-corrected chi connectivity index (χ3v) is 4.00. The molecule has 2 N–H and O–H groups in total. The van der Waals surface area contributed by atoms with Gasteiger partial charge in [0.1, 0.15) is 5.25 Å². The molecule has 106 valence electrons. The number of hydrogen-bond donors (Lipinski definition) is 1. The summed E-state index contributed by atoms with van der Waals surface area (Å²) in [5.41, 5.74) is -0.196. The Morgan fingerprint density at radius 1 is 1.44 bits per heavy atom. The number of hydrogen-bond acceptors (Lipinski definition) is 4. The number of ether oxygens (including phenoxy) is 1. The van der Waals surface area contributed by atoms with Gasteiger partial charge in [0.05, 0.1) is 5.60 Å². The zero-order chi connectivity index (χ0) is 14.0. The highest BCUT2D eigenvalue weighted by molar-refractivity contribution is 7.89. The minimum absolute atomic E-state index is 0.00103. The second-order valence-corrected chi connectivity index (χ2v) is 7.41. The lowest BCUT2D eigenvalue weighted by Gasteiger charge is -2.21. The minimum atomic E-state index is -3.62. The van der Waals surface area contributed by atoms with E-state index in [4.69, 9.17) is 9.88 Å². The predicted octanol–water partition coefficient (Wildman–Crippen LogP) is 0.0810. The van der Waals surface area contributed by atoms with E-state index >= 15 is 0 Å². The van der Waals surface area contributed by atoms with Crippen molar-refractivity contribution < 1.29 is 17.9 Å². The Morgan fingerprint density at radius 2 is 2.06 bits per heavy atom. The molecule has 1 aliphatic rings. The van der Waals surface area contributed by atoms with Crippen molar-refractivity contribution in [2.75, 3.05) is 19.7 Å². The van der Waals surface area contributed by atoms with Gasteiger partial charge >= 0.3 is 0 Å². The average molecular weight is 278 g/mol. The van der Waals surface area contributed by atoms with Gasteiger partial charge in [0, 0.05) is 26.1 Å². The minimum Gasteiger partial charge on any atom is -0.376 e. The lowest BCUT2D eigenvalue weighted by molar-refractivity contribution is -0.127. The standard InChI is InChI=1S/C11H22N2O4S/c1-11(2,3)17-6-4-5-13-8-9(7-10(13)14)18(12,15)16/h9H,4-8H2,1-3H3,(H2,12,15,16). The molecular formula is C11H22N2O4S. The molecule has 1 atom stereocenters. The molecule has 1 heterocycles. The summed E-state index contributed by atoms with van der Waals surface area (Å²) in [7, 11) is -3.62. The average Bonchev–Trinajstić information content (AvgIpc) is 2.53. The van der Waals surface area contributed by atoms with Crippen molar-refractivity contribution in [1.82, 2.24) is 4.90 Å². The first-order valence-corrected chi connectivity index (χ1v) is 7.64. The number of likely N-dealkylation sites (tertiary alicyclic amines) is 1. The van der Waals surface area contributed by atoms with Crippen LogP contribution in [0.5, 0.6) is 0 Å². The van der Waals surface area contributed by atoms with Gasteiger partial charge < -0.3 is 9.64 Å². The molecule has 1 unspecified atom stereocenters. The molecule has 7 heteroatoms. The van der Waals surface area contributed by atoms with Crippen molar-refractivity contribution >= 4 is 15.9 Å². The second kappa shape index (κ2) is 5.54. The van der Waals surface area contributed by atoms with Crippen LogP contribution in [0.2, 0.25) is 0 Å². The molecule has 0 radical (unpaired) electrons. The summed E-state index contributed by atoms with van der Waals surface area (Å²) in [6, 6.07) is 0. The van der Waals surface area contributed by atoms with E-state index < -0.39 is 15.3 Å². The van der Waals surface area contributed by atoms with Gasteiger partial charge in [-0.1, -0.05) is 0 Å². The van der Waals surface area contributed by atoms with Crippen LogP contribution in [0.25, 0.3) is 0 Å². The summed E-state index contributed by atoms with van der Waals surface area (Å²) in [6.45, 7) is 7.16.